The normalized spacial score (nSPS) is 11.6. The van der Waals surface area contributed by atoms with Gasteiger partial charge in [0.1, 0.15) is 5.82 Å². The summed E-state index contributed by atoms with van der Waals surface area (Å²) in [6.45, 7) is 7.95. The highest BCUT2D eigenvalue weighted by Gasteiger charge is 2.22. The highest BCUT2D eigenvalue weighted by atomic mass is 35.5. The Morgan fingerprint density at radius 1 is 1.39 bits per heavy atom. The molecule has 5 heteroatoms. The Labute approximate surface area is 111 Å². The first-order valence-electron chi connectivity index (χ1n) is 5.61. The van der Waals surface area contributed by atoms with Crippen LogP contribution in [0.15, 0.2) is 19.2 Å². The van der Waals surface area contributed by atoms with Crippen molar-refractivity contribution in [2.75, 3.05) is 0 Å². The van der Waals surface area contributed by atoms with E-state index in [9.17, 15) is 13.9 Å². The Hall–Kier alpha value is -1.13. The van der Waals surface area contributed by atoms with Crippen LogP contribution in [-0.4, -0.2) is 5.11 Å². The van der Waals surface area contributed by atoms with Crippen LogP contribution in [0.1, 0.15) is 37.8 Å². The van der Waals surface area contributed by atoms with Gasteiger partial charge in [-0.3, -0.25) is 0 Å². The maximum atomic E-state index is 13.6. The molecule has 0 bridgehead atoms. The molecule has 1 rings (SSSR count). The summed E-state index contributed by atoms with van der Waals surface area (Å²) in [6.07, 6.45) is 2.08. The van der Waals surface area contributed by atoms with E-state index in [1.807, 2.05) is 6.92 Å². The van der Waals surface area contributed by atoms with Gasteiger partial charge >= 0.3 is 0 Å². The Morgan fingerprint density at radius 2 is 1.94 bits per heavy atom. The summed E-state index contributed by atoms with van der Waals surface area (Å²) < 4.78 is 27.0. The van der Waals surface area contributed by atoms with Gasteiger partial charge in [-0.1, -0.05) is 31.4 Å². The largest absolute Gasteiger partial charge is 0.505 e. The fourth-order valence-corrected chi connectivity index (χ4v) is 1.71. The molecule has 0 saturated carbocycles. The molecular formula is C13H18ClF2NO. The van der Waals surface area contributed by atoms with E-state index >= 15 is 0 Å². The summed E-state index contributed by atoms with van der Waals surface area (Å²) in [6, 6.07) is 0.0481. The van der Waals surface area contributed by atoms with E-state index in [1.165, 1.54) is 0 Å². The summed E-state index contributed by atoms with van der Waals surface area (Å²) >= 11 is 5.51. The lowest BCUT2D eigenvalue weighted by molar-refractivity contribution is 0.413. The number of benzene rings is 1. The molecule has 0 aromatic heterocycles. The van der Waals surface area contributed by atoms with Gasteiger partial charge in [0.2, 0.25) is 0 Å². The van der Waals surface area contributed by atoms with Crippen molar-refractivity contribution in [3.05, 3.63) is 41.4 Å². The lowest BCUT2D eigenvalue weighted by atomic mass is 10.0. The second kappa shape index (κ2) is 8.06. The zero-order valence-electron chi connectivity index (χ0n) is 10.3. The fraction of sp³-hybridized carbons (Fsp3) is 0.385. The van der Waals surface area contributed by atoms with E-state index in [0.29, 0.717) is 6.42 Å². The monoisotopic (exact) mass is 277 g/mol. The number of halogens is 3. The first kappa shape index (κ1) is 16.9. The Balaban J connectivity index is 0.00000137. The topological polar surface area (TPSA) is 46.2 Å². The molecule has 0 heterocycles. The lowest BCUT2D eigenvalue weighted by Gasteiger charge is -2.15. The quantitative estimate of drug-likeness (QED) is 0.636. The molecular weight excluding hydrogens is 260 g/mol. The van der Waals surface area contributed by atoms with Crippen molar-refractivity contribution in [3.8, 4) is 5.75 Å². The Morgan fingerprint density at radius 3 is 2.44 bits per heavy atom. The number of aromatic hydroxyl groups is 1. The molecule has 102 valence electrons. The number of rotatable bonds is 4. The second-order valence-corrected chi connectivity index (χ2v) is 4.08. The number of phenols is 1. The van der Waals surface area contributed by atoms with Crippen LogP contribution in [0, 0.1) is 11.6 Å². The van der Waals surface area contributed by atoms with Crippen LogP contribution in [0.25, 0.3) is 0 Å². The highest BCUT2D eigenvalue weighted by Crippen LogP contribution is 2.33. The van der Waals surface area contributed by atoms with Crippen molar-refractivity contribution in [2.24, 2.45) is 5.73 Å². The van der Waals surface area contributed by atoms with Crippen LogP contribution in [0.3, 0.4) is 0 Å². The number of hydrogen-bond acceptors (Lipinski definition) is 2. The molecule has 0 fully saturated rings. The molecule has 1 unspecified atom stereocenters. The number of hydrogen-bond donors (Lipinski definition) is 2. The number of phenolic OH excluding ortho intramolecular Hbond substituents is 1. The predicted octanol–water partition coefficient (Wildman–Crippen LogP) is 4.32. The van der Waals surface area contributed by atoms with Crippen LogP contribution < -0.4 is 5.73 Å². The zero-order chi connectivity index (χ0) is 14.3. The first-order valence-corrected chi connectivity index (χ1v) is 5.98. The van der Waals surface area contributed by atoms with Crippen molar-refractivity contribution in [3.63, 3.8) is 0 Å². The molecule has 18 heavy (non-hydrogen) atoms. The van der Waals surface area contributed by atoms with Crippen molar-refractivity contribution in [2.45, 2.75) is 32.2 Å². The third-order valence-electron chi connectivity index (χ3n) is 2.41. The molecule has 2 nitrogen and oxygen atoms in total. The van der Waals surface area contributed by atoms with Gasteiger partial charge in [0.25, 0.3) is 0 Å². The Kier molecular flexibility index (Phi) is 7.55. The van der Waals surface area contributed by atoms with Crippen LogP contribution >= 0.6 is 11.6 Å². The summed E-state index contributed by atoms with van der Waals surface area (Å²) in [4.78, 5) is 0. The van der Waals surface area contributed by atoms with E-state index < -0.39 is 23.4 Å². The second-order valence-electron chi connectivity index (χ2n) is 3.67. The molecule has 1 atom stereocenters. The van der Waals surface area contributed by atoms with Gasteiger partial charge in [-0.2, -0.15) is 0 Å². The summed E-state index contributed by atoms with van der Waals surface area (Å²) in [7, 11) is 0. The molecule has 1 aromatic rings. The summed E-state index contributed by atoms with van der Waals surface area (Å²) in [5, 5.41) is 8.88. The van der Waals surface area contributed by atoms with Crippen LogP contribution in [-0.2, 0) is 0 Å². The third kappa shape index (κ3) is 3.96. The van der Waals surface area contributed by atoms with Crippen LogP contribution in [0.2, 0.25) is 5.02 Å². The van der Waals surface area contributed by atoms with E-state index in [-0.39, 0.29) is 10.6 Å². The van der Waals surface area contributed by atoms with E-state index in [1.54, 1.807) is 0 Å². The molecule has 0 spiro atoms. The molecule has 0 aliphatic heterocycles. The molecule has 3 N–H and O–H groups in total. The molecule has 0 amide bonds. The Bertz CT molecular complexity index is 373. The summed E-state index contributed by atoms with van der Waals surface area (Å²) in [5.74, 6) is -2.58. The first-order chi connectivity index (χ1) is 8.49. The van der Waals surface area contributed by atoms with Gasteiger partial charge in [0.15, 0.2) is 11.6 Å². The minimum atomic E-state index is -1.02. The SMILES string of the molecule is C=C.CCCCC(N)c1c(F)c(O)cc(Cl)c1F. The van der Waals surface area contributed by atoms with Crippen molar-refractivity contribution >= 4 is 11.6 Å². The average Bonchev–Trinajstić information content (AvgIpc) is 2.36. The number of nitrogens with two attached hydrogens (primary N) is 1. The summed E-state index contributed by atoms with van der Waals surface area (Å²) in [5.41, 5.74) is 5.34. The van der Waals surface area contributed by atoms with E-state index in [2.05, 4.69) is 13.2 Å². The zero-order valence-corrected chi connectivity index (χ0v) is 11.1. The smallest absolute Gasteiger partial charge is 0.172 e. The lowest BCUT2D eigenvalue weighted by Crippen LogP contribution is -2.14. The van der Waals surface area contributed by atoms with Gasteiger partial charge in [-0.15, -0.1) is 13.2 Å². The third-order valence-corrected chi connectivity index (χ3v) is 2.69. The van der Waals surface area contributed by atoms with Gasteiger partial charge in [0, 0.05) is 17.7 Å². The van der Waals surface area contributed by atoms with Crippen LogP contribution in [0.4, 0.5) is 8.78 Å². The average molecular weight is 278 g/mol. The highest BCUT2D eigenvalue weighted by molar-refractivity contribution is 6.31. The van der Waals surface area contributed by atoms with E-state index in [4.69, 9.17) is 17.3 Å². The molecule has 1 aromatic carbocycles. The molecule has 0 aliphatic carbocycles. The maximum Gasteiger partial charge on any atom is 0.172 e. The van der Waals surface area contributed by atoms with Crippen LogP contribution in [0.5, 0.6) is 5.75 Å². The number of unbranched alkanes of at least 4 members (excludes halogenated alkanes) is 1. The van der Waals surface area contributed by atoms with Gasteiger partial charge < -0.3 is 10.8 Å². The van der Waals surface area contributed by atoms with Gasteiger partial charge in [-0.05, 0) is 6.42 Å². The minimum absolute atomic E-state index is 0.319. The van der Waals surface area contributed by atoms with Gasteiger partial charge in [0.05, 0.1) is 5.02 Å². The molecule has 0 saturated heterocycles. The standard InChI is InChI=1S/C11H14ClF2NO.C2H4/c1-2-3-4-7(15)9-10(13)6(12)5-8(16)11(9)14;1-2/h5,7,16H,2-4,15H2,1H3;1-2H2. The molecule has 0 aliphatic rings. The van der Waals surface area contributed by atoms with E-state index in [0.717, 1.165) is 18.9 Å². The predicted molar refractivity (Wildman–Crippen MR) is 70.7 cm³/mol. The maximum absolute atomic E-state index is 13.6. The van der Waals surface area contributed by atoms with Crippen molar-refractivity contribution in [1.29, 1.82) is 0 Å². The van der Waals surface area contributed by atoms with Crippen molar-refractivity contribution in [1.82, 2.24) is 0 Å². The minimum Gasteiger partial charge on any atom is -0.505 e. The van der Waals surface area contributed by atoms with Crippen molar-refractivity contribution < 1.29 is 13.9 Å². The fourth-order valence-electron chi connectivity index (χ4n) is 1.50. The van der Waals surface area contributed by atoms with Gasteiger partial charge in [-0.25, -0.2) is 8.78 Å². The molecule has 0 radical (unpaired) electrons.